The molecule has 1 saturated heterocycles. The zero-order valence-electron chi connectivity index (χ0n) is 17.5. The Morgan fingerprint density at radius 1 is 1.00 bits per heavy atom. The molecule has 1 fully saturated rings. The van der Waals surface area contributed by atoms with Crippen LogP contribution in [0, 0.1) is 6.92 Å². The van der Waals surface area contributed by atoms with Crippen molar-refractivity contribution in [3.63, 3.8) is 0 Å². The first-order valence-electron chi connectivity index (χ1n) is 9.70. The molecule has 2 aromatic rings. The molecule has 1 N–H and O–H groups in total. The largest absolute Gasteiger partial charge is 0.493 e. The van der Waals surface area contributed by atoms with Gasteiger partial charge in [0.1, 0.15) is 0 Å². The number of hydrogen-bond donors (Lipinski definition) is 1. The van der Waals surface area contributed by atoms with E-state index in [4.69, 9.17) is 14.2 Å². The molecule has 0 spiro atoms. The van der Waals surface area contributed by atoms with E-state index in [9.17, 15) is 4.79 Å². The third-order valence-corrected chi connectivity index (χ3v) is 5.05. The maximum atomic E-state index is 12.4. The van der Waals surface area contributed by atoms with Gasteiger partial charge in [-0.2, -0.15) is 0 Å². The van der Waals surface area contributed by atoms with E-state index in [-0.39, 0.29) is 5.91 Å². The minimum atomic E-state index is -0.198. The van der Waals surface area contributed by atoms with Gasteiger partial charge in [-0.1, -0.05) is 0 Å². The SMILES string of the molecule is COc1cc(/C=C/C(=O)Nc2ccc(N3CCCC3)cc2C)cc(OC)c1OC. The molecule has 1 aliphatic heterocycles. The number of ether oxygens (including phenoxy) is 3. The molecule has 0 unspecified atom stereocenters. The first kappa shape index (κ1) is 20.6. The molecule has 29 heavy (non-hydrogen) atoms. The summed E-state index contributed by atoms with van der Waals surface area (Å²) >= 11 is 0. The van der Waals surface area contributed by atoms with Crippen molar-refractivity contribution in [2.24, 2.45) is 0 Å². The molecule has 1 amide bonds. The average Bonchev–Trinajstić information content (AvgIpc) is 3.27. The van der Waals surface area contributed by atoms with Gasteiger partial charge in [-0.25, -0.2) is 0 Å². The molecule has 1 aliphatic rings. The average molecular weight is 396 g/mol. The van der Waals surface area contributed by atoms with Crippen LogP contribution in [0.2, 0.25) is 0 Å². The second-order valence-electron chi connectivity index (χ2n) is 6.97. The fourth-order valence-corrected chi connectivity index (χ4v) is 3.50. The van der Waals surface area contributed by atoms with Crippen molar-refractivity contribution in [1.29, 1.82) is 0 Å². The van der Waals surface area contributed by atoms with Crippen LogP contribution >= 0.6 is 0 Å². The second kappa shape index (κ2) is 9.37. The third kappa shape index (κ3) is 4.83. The Morgan fingerprint density at radius 2 is 1.66 bits per heavy atom. The number of carbonyl (C=O) groups excluding carboxylic acids is 1. The first-order chi connectivity index (χ1) is 14.0. The number of aryl methyl sites for hydroxylation is 1. The van der Waals surface area contributed by atoms with Gasteiger partial charge < -0.3 is 24.4 Å². The smallest absolute Gasteiger partial charge is 0.248 e. The molecule has 0 atom stereocenters. The van der Waals surface area contributed by atoms with E-state index in [1.54, 1.807) is 39.5 Å². The quantitative estimate of drug-likeness (QED) is 0.708. The first-order valence-corrected chi connectivity index (χ1v) is 9.70. The lowest BCUT2D eigenvalue weighted by molar-refractivity contribution is -0.111. The molecule has 6 nitrogen and oxygen atoms in total. The zero-order chi connectivity index (χ0) is 20.8. The van der Waals surface area contributed by atoms with Crippen molar-refractivity contribution in [2.45, 2.75) is 19.8 Å². The fourth-order valence-electron chi connectivity index (χ4n) is 3.50. The minimum Gasteiger partial charge on any atom is -0.493 e. The van der Waals surface area contributed by atoms with E-state index in [0.717, 1.165) is 29.9 Å². The summed E-state index contributed by atoms with van der Waals surface area (Å²) in [7, 11) is 4.68. The molecular formula is C23H28N2O4. The molecule has 0 bridgehead atoms. The zero-order valence-corrected chi connectivity index (χ0v) is 17.5. The van der Waals surface area contributed by atoms with E-state index >= 15 is 0 Å². The number of benzene rings is 2. The molecule has 2 aromatic carbocycles. The van der Waals surface area contributed by atoms with Gasteiger partial charge in [0.2, 0.25) is 11.7 Å². The summed E-state index contributed by atoms with van der Waals surface area (Å²) in [6.07, 6.45) is 5.69. The van der Waals surface area contributed by atoms with Gasteiger partial charge >= 0.3 is 0 Å². The number of rotatable bonds is 7. The maximum Gasteiger partial charge on any atom is 0.248 e. The van der Waals surface area contributed by atoms with Gasteiger partial charge in [0.15, 0.2) is 11.5 Å². The standard InChI is InChI=1S/C23H28N2O4/c1-16-13-18(25-11-5-6-12-25)8-9-19(16)24-22(26)10-7-17-14-20(27-2)23(29-4)21(15-17)28-3/h7-10,13-15H,5-6,11-12H2,1-4H3,(H,24,26)/b10-7+. The maximum absolute atomic E-state index is 12.4. The predicted molar refractivity (Wildman–Crippen MR) is 116 cm³/mol. The van der Waals surface area contributed by atoms with Gasteiger partial charge in [0.05, 0.1) is 21.3 Å². The van der Waals surface area contributed by atoms with Crippen LogP contribution in [0.1, 0.15) is 24.0 Å². The van der Waals surface area contributed by atoms with Crippen LogP contribution in [0.15, 0.2) is 36.4 Å². The van der Waals surface area contributed by atoms with Crippen molar-refractivity contribution in [2.75, 3.05) is 44.6 Å². The lowest BCUT2D eigenvalue weighted by Crippen LogP contribution is -2.18. The fraction of sp³-hybridized carbons (Fsp3) is 0.348. The lowest BCUT2D eigenvalue weighted by Gasteiger charge is -2.19. The van der Waals surface area contributed by atoms with Gasteiger partial charge in [-0.15, -0.1) is 0 Å². The van der Waals surface area contributed by atoms with Crippen molar-refractivity contribution in [1.82, 2.24) is 0 Å². The summed E-state index contributed by atoms with van der Waals surface area (Å²) in [5.74, 6) is 1.40. The number of nitrogens with zero attached hydrogens (tertiary/aromatic N) is 1. The topological polar surface area (TPSA) is 60.0 Å². The predicted octanol–water partition coefficient (Wildman–Crippen LogP) is 4.27. The molecule has 0 aliphatic carbocycles. The van der Waals surface area contributed by atoms with Crippen molar-refractivity contribution in [3.8, 4) is 17.2 Å². The lowest BCUT2D eigenvalue weighted by atomic mass is 10.1. The number of hydrogen-bond acceptors (Lipinski definition) is 5. The highest BCUT2D eigenvalue weighted by molar-refractivity contribution is 6.02. The molecule has 1 heterocycles. The molecule has 0 aromatic heterocycles. The van der Waals surface area contributed by atoms with Crippen molar-refractivity contribution < 1.29 is 19.0 Å². The molecular weight excluding hydrogens is 368 g/mol. The van der Waals surface area contributed by atoms with Crippen LogP contribution in [0.4, 0.5) is 11.4 Å². The minimum absolute atomic E-state index is 0.198. The van der Waals surface area contributed by atoms with Crippen LogP contribution in [-0.4, -0.2) is 40.3 Å². The normalized spacial score (nSPS) is 13.6. The molecule has 6 heteroatoms. The highest BCUT2D eigenvalue weighted by atomic mass is 16.5. The van der Waals surface area contributed by atoms with Gasteiger partial charge in [0.25, 0.3) is 0 Å². The Hall–Kier alpha value is -3.15. The Morgan fingerprint density at radius 3 is 2.21 bits per heavy atom. The number of anilines is 2. The monoisotopic (exact) mass is 396 g/mol. The summed E-state index contributed by atoms with van der Waals surface area (Å²) in [5, 5.41) is 2.95. The van der Waals surface area contributed by atoms with Crippen LogP contribution in [-0.2, 0) is 4.79 Å². The number of amides is 1. The highest BCUT2D eigenvalue weighted by Gasteiger charge is 2.14. The van der Waals surface area contributed by atoms with Gasteiger partial charge in [-0.3, -0.25) is 4.79 Å². The number of methoxy groups -OCH3 is 3. The van der Waals surface area contributed by atoms with E-state index in [1.807, 2.05) is 13.0 Å². The van der Waals surface area contributed by atoms with Crippen molar-refractivity contribution in [3.05, 3.63) is 47.5 Å². The van der Waals surface area contributed by atoms with Crippen LogP contribution < -0.4 is 24.4 Å². The van der Waals surface area contributed by atoms with E-state index in [0.29, 0.717) is 17.2 Å². The number of nitrogens with one attached hydrogen (secondary N) is 1. The Bertz CT molecular complexity index is 877. The van der Waals surface area contributed by atoms with E-state index in [2.05, 4.69) is 22.3 Å². The summed E-state index contributed by atoms with van der Waals surface area (Å²) in [6.45, 7) is 4.21. The Balaban J connectivity index is 1.71. The second-order valence-corrected chi connectivity index (χ2v) is 6.97. The highest BCUT2D eigenvalue weighted by Crippen LogP contribution is 2.38. The molecule has 3 rings (SSSR count). The molecule has 0 saturated carbocycles. The van der Waals surface area contributed by atoms with Crippen LogP contribution in [0.25, 0.3) is 6.08 Å². The number of carbonyl (C=O) groups is 1. The summed E-state index contributed by atoms with van der Waals surface area (Å²) in [4.78, 5) is 14.8. The van der Waals surface area contributed by atoms with Crippen LogP contribution in [0.3, 0.4) is 0 Å². The van der Waals surface area contributed by atoms with Crippen molar-refractivity contribution >= 4 is 23.4 Å². The summed E-state index contributed by atoms with van der Waals surface area (Å²) < 4.78 is 16.0. The Kier molecular flexibility index (Phi) is 6.65. The van der Waals surface area contributed by atoms with Crippen LogP contribution in [0.5, 0.6) is 17.2 Å². The van der Waals surface area contributed by atoms with E-state index < -0.39 is 0 Å². The summed E-state index contributed by atoms with van der Waals surface area (Å²) in [6, 6.07) is 9.75. The molecule has 154 valence electrons. The Labute approximate surface area is 172 Å². The van der Waals surface area contributed by atoms with E-state index in [1.165, 1.54) is 24.6 Å². The third-order valence-electron chi connectivity index (χ3n) is 5.05. The van der Waals surface area contributed by atoms with Gasteiger partial charge in [0, 0.05) is 30.5 Å². The summed E-state index contributed by atoms with van der Waals surface area (Å²) in [5.41, 5.74) is 3.85. The molecule has 0 radical (unpaired) electrons. The van der Waals surface area contributed by atoms with Gasteiger partial charge in [-0.05, 0) is 67.3 Å².